The van der Waals surface area contributed by atoms with Crippen molar-refractivity contribution < 1.29 is 14.3 Å². The van der Waals surface area contributed by atoms with Crippen LogP contribution in [0.5, 0.6) is 0 Å². The number of nitrogens with one attached hydrogen (secondary N) is 1. The third-order valence-electron chi connectivity index (χ3n) is 6.43. The van der Waals surface area contributed by atoms with Crippen molar-refractivity contribution in [2.24, 2.45) is 11.3 Å². The number of nitrogens with zero attached hydrogens (tertiary/aromatic N) is 4. The van der Waals surface area contributed by atoms with E-state index in [-0.39, 0.29) is 18.2 Å². The molecule has 3 rings (SSSR count). The van der Waals surface area contributed by atoms with Crippen LogP contribution >= 0.6 is 0 Å². The Morgan fingerprint density at radius 3 is 2.59 bits per heavy atom. The minimum atomic E-state index is -1.21. The maximum Gasteiger partial charge on any atom is 0.314 e. The zero-order valence-electron chi connectivity index (χ0n) is 21.6. The summed E-state index contributed by atoms with van der Waals surface area (Å²) in [4.78, 5) is 32.3. The molecule has 2 unspecified atom stereocenters. The first-order valence-corrected chi connectivity index (χ1v) is 15.8. The van der Waals surface area contributed by atoms with Gasteiger partial charge < -0.3 is 20.7 Å². The van der Waals surface area contributed by atoms with Crippen LogP contribution < -0.4 is 11.1 Å². The number of rotatable bonds is 6. The molecule has 34 heavy (non-hydrogen) atoms. The first-order chi connectivity index (χ1) is 15.8. The summed E-state index contributed by atoms with van der Waals surface area (Å²) in [6, 6.07) is 1.05. The number of piperidine rings is 1. The van der Waals surface area contributed by atoms with Gasteiger partial charge in [-0.15, -0.1) is 0 Å². The predicted octanol–water partition coefficient (Wildman–Crippen LogP) is 3.94. The summed E-state index contributed by atoms with van der Waals surface area (Å²) in [6.07, 6.45) is 5.02. The molecule has 1 fully saturated rings. The summed E-state index contributed by atoms with van der Waals surface area (Å²) in [5.74, 6) is -0.530. The van der Waals surface area contributed by atoms with E-state index in [4.69, 9.17) is 10.5 Å². The molecule has 9 nitrogen and oxygen atoms in total. The molecule has 0 aromatic carbocycles. The molecule has 2 atom stereocenters. The van der Waals surface area contributed by atoms with E-state index in [9.17, 15) is 9.59 Å². The Hall–Kier alpha value is -2.46. The molecule has 1 aliphatic heterocycles. The van der Waals surface area contributed by atoms with Crippen LogP contribution in [0.25, 0.3) is 10.9 Å². The summed E-state index contributed by atoms with van der Waals surface area (Å²) < 4.78 is 7.51. The van der Waals surface area contributed by atoms with Gasteiger partial charge in [0.15, 0.2) is 0 Å². The highest BCUT2D eigenvalue weighted by Gasteiger charge is 2.39. The quantitative estimate of drug-likeness (QED) is 0.361. The average Bonchev–Trinajstić information content (AvgIpc) is 3.16. The van der Waals surface area contributed by atoms with Gasteiger partial charge in [0.1, 0.15) is 12.5 Å². The van der Waals surface area contributed by atoms with Crippen molar-refractivity contribution in [2.45, 2.75) is 79.0 Å². The zero-order chi connectivity index (χ0) is 25.3. The van der Waals surface area contributed by atoms with Gasteiger partial charge in [0.2, 0.25) is 0 Å². The van der Waals surface area contributed by atoms with E-state index in [2.05, 4.69) is 62.7 Å². The van der Waals surface area contributed by atoms with E-state index in [1.54, 1.807) is 15.8 Å². The predicted molar refractivity (Wildman–Crippen MR) is 138 cm³/mol. The van der Waals surface area contributed by atoms with Crippen LogP contribution in [-0.2, 0) is 21.1 Å². The number of hydrogen-bond acceptors (Lipinski definition) is 6. The van der Waals surface area contributed by atoms with E-state index in [1.165, 1.54) is 6.20 Å². The lowest BCUT2D eigenvalue weighted by molar-refractivity contribution is -0.148. The second-order valence-electron chi connectivity index (χ2n) is 11.8. The van der Waals surface area contributed by atoms with Crippen molar-refractivity contribution in [1.29, 1.82) is 0 Å². The van der Waals surface area contributed by atoms with Crippen LogP contribution in [0.15, 0.2) is 12.4 Å². The molecular weight excluding hydrogens is 448 g/mol. The standard InChI is InChI=1S/C24H40N6O3Si/c1-16-8-9-19(24(2,3)4)29(14-16)23(32)22(31)28-18-13-26-21(25)17-12-27-30(20(17)18)15-33-10-11-34(5,6)7/h12-13,16,19H,8-11,14-15H2,1-7H3,(H2,25,26)(H,28,31). The lowest BCUT2D eigenvalue weighted by Gasteiger charge is -2.45. The number of ether oxygens (including phenoxy) is 1. The third-order valence-corrected chi connectivity index (χ3v) is 8.14. The Morgan fingerprint density at radius 1 is 1.24 bits per heavy atom. The van der Waals surface area contributed by atoms with Gasteiger partial charge in [-0.25, -0.2) is 9.67 Å². The van der Waals surface area contributed by atoms with Crippen LogP contribution in [0.4, 0.5) is 11.5 Å². The van der Waals surface area contributed by atoms with Gasteiger partial charge >= 0.3 is 11.8 Å². The molecule has 10 heteroatoms. The first-order valence-electron chi connectivity index (χ1n) is 12.1. The van der Waals surface area contributed by atoms with E-state index >= 15 is 0 Å². The monoisotopic (exact) mass is 488 g/mol. The third kappa shape index (κ3) is 6.15. The van der Waals surface area contributed by atoms with Gasteiger partial charge in [0.05, 0.1) is 29.0 Å². The van der Waals surface area contributed by atoms with Crippen LogP contribution in [0.2, 0.25) is 25.7 Å². The Kier molecular flexibility index (Phi) is 7.71. The number of nitrogen functional groups attached to an aromatic ring is 1. The SMILES string of the molecule is CC1CCC(C(C)(C)C)N(C(=O)C(=O)Nc2cnc(N)c3cnn(COCC[Si](C)(C)C)c23)C1. The molecule has 2 aromatic heterocycles. The molecule has 3 N–H and O–H groups in total. The van der Waals surface area contributed by atoms with Crippen molar-refractivity contribution in [3.05, 3.63) is 12.4 Å². The number of aromatic nitrogens is 3. The number of pyridine rings is 1. The maximum absolute atomic E-state index is 13.3. The zero-order valence-corrected chi connectivity index (χ0v) is 22.6. The number of fused-ring (bicyclic) bond motifs is 1. The Bertz CT molecular complexity index is 1040. The van der Waals surface area contributed by atoms with E-state index in [0.29, 0.717) is 41.5 Å². The van der Waals surface area contributed by atoms with Gasteiger partial charge in [0.25, 0.3) is 0 Å². The number of hydrogen-bond donors (Lipinski definition) is 2. The maximum atomic E-state index is 13.3. The van der Waals surface area contributed by atoms with Crippen molar-refractivity contribution in [1.82, 2.24) is 19.7 Å². The largest absolute Gasteiger partial charge is 0.383 e. The van der Waals surface area contributed by atoms with Crippen molar-refractivity contribution >= 4 is 42.3 Å². The van der Waals surface area contributed by atoms with Crippen molar-refractivity contribution in [2.75, 3.05) is 24.2 Å². The smallest absolute Gasteiger partial charge is 0.314 e. The van der Waals surface area contributed by atoms with Gasteiger partial charge in [-0.05, 0) is 30.2 Å². The van der Waals surface area contributed by atoms with Gasteiger partial charge in [-0.3, -0.25) is 9.59 Å². The number of anilines is 2. The lowest BCUT2D eigenvalue weighted by Crippen LogP contribution is -2.54. The molecule has 0 radical (unpaired) electrons. The Balaban J connectivity index is 1.80. The summed E-state index contributed by atoms with van der Waals surface area (Å²) in [5.41, 5.74) is 6.93. The van der Waals surface area contributed by atoms with E-state index in [1.807, 2.05) is 0 Å². The minimum absolute atomic E-state index is 0.0109. The lowest BCUT2D eigenvalue weighted by atomic mass is 9.78. The molecule has 1 saturated heterocycles. The summed E-state index contributed by atoms with van der Waals surface area (Å²) in [7, 11) is -1.21. The van der Waals surface area contributed by atoms with Gasteiger partial charge in [-0.2, -0.15) is 5.10 Å². The van der Waals surface area contributed by atoms with Gasteiger partial charge in [-0.1, -0.05) is 47.3 Å². The minimum Gasteiger partial charge on any atom is -0.383 e. The summed E-state index contributed by atoms with van der Waals surface area (Å²) in [5, 5.41) is 7.77. The fourth-order valence-electron chi connectivity index (χ4n) is 4.42. The number of likely N-dealkylation sites (tertiary alicyclic amines) is 1. The second kappa shape index (κ2) is 10.0. The summed E-state index contributed by atoms with van der Waals surface area (Å²) in [6.45, 7) is 16.8. The van der Waals surface area contributed by atoms with E-state index < -0.39 is 19.9 Å². The molecule has 188 valence electrons. The molecule has 0 aliphatic carbocycles. The summed E-state index contributed by atoms with van der Waals surface area (Å²) >= 11 is 0. The molecule has 0 saturated carbocycles. The first kappa shape index (κ1) is 26.1. The Morgan fingerprint density at radius 2 is 1.94 bits per heavy atom. The molecular formula is C24H40N6O3Si. The second-order valence-corrected chi connectivity index (χ2v) is 17.4. The Labute approximate surface area is 203 Å². The van der Waals surface area contributed by atoms with E-state index in [0.717, 1.165) is 18.9 Å². The normalized spacial score (nSPS) is 19.4. The molecule has 1 aliphatic rings. The topological polar surface area (TPSA) is 115 Å². The fourth-order valence-corrected chi connectivity index (χ4v) is 5.18. The highest BCUT2D eigenvalue weighted by atomic mass is 28.3. The average molecular weight is 489 g/mol. The molecule has 2 aromatic rings. The fraction of sp³-hybridized carbons (Fsp3) is 0.667. The number of amides is 2. The van der Waals surface area contributed by atoms with Crippen LogP contribution in [0, 0.1) is 11.3 Å². The molecule has 0 bridgehead atoms. The molecule has 2 amide bonds. The van der Waals surface area contributed by atoms with Crippen LogP contribution in [0.3, 0.4) is 0 Å². The highest BCUT2D eigenvalue weighted by molar-refractivity contribution is 6.76. The number of carbonyl (C=O) groups excluding carboxylic acids is 2. The highest BCUT2D eigenvalue weighted by Crippen LogP contribution is 2.34. The van der Waals surface area contributed by atoms with Crippen molar-refractivity contribution in [3.63, 3.8) is 0 Å². The van der Waals surface area contributed by atoms with Crippen LogP contribution in [0.1, 0.15) is 40.5 Å². The van der Waals surface area contributed by atoms with Gasteiger partial charge in [0, 0.05) is 27.3 Å². The number of nitrogens with two attached hydrogens (primary N) is 1. The van der Waals surface area contributed by atoms with Crippen molar-refractivity contribution in [3.8, 4) is 0 Å². The number of carbonyl (C=O) groups is 2. The molecule has 0 spiro atoms. The van der Waals surface area contributed by atoms with Crippen LogP contribution in [-0.4, -0.2) is 58.7 Å². The molecule has 3 heterocycles.